The van der Waals surface area contributed by atoms with Crippen LogP contribution in [0.1, 0.15) is 17.5 Å². The predicted molar refractivity (Wildman–Crippen MR) is 99.2 cm³/mol. The Bertz CT molecular complexity index is 927. The van der Waals surface area contributed by atoms with Gasteiger partial charge in [-0.1, -0.05) is 18.2 Å². The fourth-order valence-electron chi connectivity index (χ4n) is 3.12. The number of hydrogen-bond donors (Lipinski definition) is 0. The van der Waals surface area contributed by atoms with E-state index in [-0.39, 0.29) is 11.4 Å². The number of ether oxygens (including phenoxy) is 1. The zero-order valence-electron chi connectivity index (χ0n) is 14.4. The van der Waals surface area contributed by atoms with Gasteiger partial charge in [0.1, 0.15) is 5.75 Å². The Balaban J connectivity index is 1.84. The molecule has 2 aromatic rings. The summed E-state index contributed by atoms with van der Waals surface area (Å²) in [6, 6.07) is 11.7. The van der Waals surface area contributed by atoms with Gasteiger partial charge in [0.05, 0.1) is 23.5 Å². The van der Waals surface area contributed by atoms with Gasteiger partial charge in [-0.3, -0.25) is 14.4 Å². The maximum absolute atomic E-state index is 12.9. The first-order valence-corrected chi connectivity index (χ1v) is 9.92. The van der Waals surface area contributed by atoms with Gasteiger partial charge in [-0.25, -0.2) is 8.42 Å². The van der Waals surface area contributed by atoms with Crippen molar-refractivity contribution in [2.45, 2.75) is 19.3 Å². The highest BCUT2D eigenvalue weighted by Gasteiger charge is 2.28. The molecule has 0 bridgehead atoms. The van der Waals surface area contributed by atoms with Crippen molar-refractivity contribution in [3.63, 3.8) is 0 Å². The number of aryl methyl sites for hydroxylation is 2. The van der Waals surface area contributed by atoms with Gasteiger partial charge in [0.25, 0.3) is 5.69 Å². The van der Waals surface area contributed by atoms with E-state index in [4.69, 9.17) is 4.74 Å². The fraction of sp³-hybridized carbons (Fsp3) is 0.333. The molecule has 0 aliphatic carbocycles. The second kappa shape index (κ2) is 7.33. The Morgan fingerprint density at radius 2 is 2.04 bits per heavy atom. The summed E-state index contributed by atoms with van der Waals surface area (Å²) in [6.45, 7) is 0.342. The van der Waals surface area contributed by atoms with Gasteiger partial charge < -0.3 is 4.74 Å². The van der Waals surface area contributed by atoms with Gasteiger partial charge in [0, 0.05) is 18.7 Å². The molecule has 0 aromatic heterocycles. The van der Waals surface area contributed by atoms with E-state index in [1.54, 1.807) is 19.2 Å². The number of fused-ring (bicyclic) bond motifs is 1. The summed E-state index contributed by atoms with van der Waals surface area (Å²) in [5, 5.41) is 11.0. The van der Waals surface area contributed by atoms with Crippen molar-refractivity contribution >= 4 is 21.4 Å². The number of methoxy groups -OCH3 is 1. The highest BCUT2D eigenvalue weighted by atomic mass is 32.2. The molecule has 0 atom stereocenters. The number of rotatable bonds is 6. The lowest BCUT2D eigenvalue weighted by Gasteiger charge is -2.30. The maximum atomic E-state index is 12.9. The SMILES string of the molecule is COc1cccc(CCS(=O)(=O)N2CCCc3ccc([N+](=O)[O-])cc32)c1. The van der Waals surface area contributed by atoms with Crippen molar-refractivity contribution in [1.29, 1.82) is 0 Å². The Hall–Kier alpha value is -2.61. The molecule has 7 nitrogen and oxygen atoms in total. The summed E-state index contributed by atoms with van der Waals surface area (Å²) < 4.78 is 32.2. The molecule has 1 heterocycles. The van der Waals surface area contributed by atoms with Gasteiger partial charge in [-0.2, -0.15) is 0 Å². The van der Waals surface area contributed by atoms with E-state index in [1.807, 2.05) is 18.2 Å². The minimum atomic E-state index is -3.59. The van der Waals surface area contributed by atoms with Crippen molar-refractivity contribution < 1.29 is 18.1 Å². The first kappa shape index (κ1) is 18.2. The number of nitro benzene ring substituents is 1. The average Bonchev–Trinajstić information content (AvgIpc) is 2.65. The van der Waals surface area contributed by atoms with E-state index in [0.717, 1.165) is 17.5 Å². The maximum Gasteiger partial charge on any atom is 0.271 e. The molecular weight excluding hydrogens is 356 g/mol. The summed E-state index contributed by atoms with van der Waals surface area (Å²) >= 11 is 0. The third-order valence-corrected chi connectivity index (χ3v) is 6.25. The van der Waals surface area contributed by atoms with Gasteiger partial charge >= 0.3 is 0 Å². The zero-order valence-corrected chi connectivity index (χ0v) is 15.2. The number of hydrogen-bond acceptors (Lipinski definition) is 5. The number of anilines is 1. The van der Waals surface area contributed by atoms with Crippen molar-refractivity contribution in [3.05, 3.63) is 63.7 Å². The predicted octanol–water partition coefficient (Wildman–Crippen LogP) is 2.93. The second-order valence-electron chi connectivity index (χ2n) is 6.16. The monoisotopic (exact) mass is 376 g/mol. The number of nitrogens with zero attached hydrogens (tertiary/aromatic N) is 2. The molecule has 2 aromatic carbocycles. The van der Waals surface area contributed by atoms with Crippen LogP contribution in [0.25, 0.3) is 0 Å². The Morgan fingerprint density at radius 3 is 2.77 bits per heavy atom. The Kier molecular flexibility index (Phi) is 5.13. The van der Waals surface area contributed by atoms with Gasteiger partial charge in [0.2, 0.25) is 10.0 Å². The van der Waals surface area contributed by atoms with E-state index in [9.17, 15) is 18.5 Å². The minimum absolute atomic E-state index is 0.0672. The molecule has 138 valence electrons. The van der Waals surface area contributed by atoms with Crippen LogP contribution in [0.2, 0.25) is 0 Å². The van der Waals surface area contributed by atoms with E-state index >= 15 is 0 Å². The lowest BCUT2D eigenvalue weighted by atomic mass is 10.0. The van der Waals surface area contributed by atoms with Crippen molar-refractivity contribution in [2.75, 3.05) is 23.7 Å². The van der Waals surface area contributed by atoms with Crippen LogP contribution in [0.5, 0.6) is 5.75 Å². The molecule has 0 saturated heterocycles. The molecule has 0 fully saturated rings. The standard InChI is InChI=1S/C18H20N2O5S/c1-25-17-6-2-4-14(12-17)9-11-26(23,24)19-10-3-5-15-7-8-16(20(21)22)13-18(15)19/h2,4,6-8,12-13H,3,5,9-11H2,1H3. The third kappa shape index (κ3) is 3.80. The molecule has 26 heavy (non-hydrogen) atoms. The van der Waals surface area contributed by atoms with Crippen LogP contribution in [0.15, 0.2) is 42.5 Å². The minimum Gasteiger partial charge on any atom is -0.497 e. The summed E-state index contributed by atoms with van der Waals surface area (Å²) in [7, 11) is -2.02. The van der Waals surface area contributed by atoms with Crippen molar-refractivity contribution in [3.8, 4) is 5.75 Å². The highest BCUT2D eigenvalue weighted by Crippen LogP contribution is 2.33. The van der Waals surface area contributed by atoms with Gasteiger partial charge in [-0.15, -0.1) is 0 Å². The number of benzene rings is 2. The molecule has 0 N–H and O–H groups in total. The van der Waals surface area contributed by atoms with Crippen LogP contribution in [0.4, 0.5) is 11.4 Å². The summed E-state index contributed by atoms with van der Waals surface area (Å²) in [5.74, 6) is 0.612. The number of nitro groups is 1. The summed E-state index contributed by atoms with van der Waals surface area (Å²) in [4.78, 5) is 10.5. The van der Waals surface area contributed by atoms with Crippen LogP contribution in [-0.2, 0) is 22.9 Å². The first-order valence-electron chi connectivity index (χ1n) is 8.31. The highest BCUT2D eigenvalue weighted by molar-refractivity contribution is 7.92. The number of sulfonamides is 1. The van der Waals surface area contributed by atoms with Crippen molar-refractivity contribution in [2.24, 2.45) is 0 Å². The fourth-order valence-corrected chi connectivity index (χ4v) is 4.71. The molecule has 0 saturated carbocycles. The van der Waals surface area contributed by atoms with E-state index in [0.29, 0.717) is 30.8 Å². The van der Waals surface area contributed by atoms with E-state index < -0.39 is 14.9 Å². The molecule has 1 aliphatic rings. The molecule has 1 aliphatic heterocycles. The Labute approximate surface area is 152 Å². The molecule has 0 amide bonds. The van der Waals surface area contributed by atoms with E-state index in [2.05, 4.69) is 0 Å². The zero-order chi connectivity index (χ0) is 18.7. The smallest absolute Gasteiger partial charge is 0.271 e. The van der Waals surface area contributed by atoms with Crippen LogP contribution >= 0.6 is 0 Å². The largest absolute Gasteiger partial charge is 0.497 e. The average molecular weight is 376 g/mol. The summed E-state index contributed by atoms with van der Waals surface area (Å²) in [5.41, 5.74) is 2.02. The molecule has 8 heteroatoms. The van der Waals surface area contributed by atoms with Gasteiger partial charge in [0.15, 0.2) is 0 Å². The second-order valence-corrected chi connectivity index (χ2v) is 8.18. The van der Waals surface area contributed by atoms with Crippen LogP contribution < -0.4 is 9.04 Å². The molecule has 0 spiro atoms. The molecular formula is C18H20N2O5S. The normalized spacial score (nSPS) is 14.0. The van der Waals surface area contributed by atoms with E-state index in [1.165, 1.54) is 16.4 Å². The number of non-ortho nitro benzene ring substituents is 1. The quantitative estimate of drug-likeness (QED) is 0.571. The van der Waals surface area contributed by atoms with Crippen LogP contribution in [0.3, 0.4) is 0 Å². The van der Waals surface area contributed by atoms with Crippen LogP contribution in [0, 0.1) is 10.1 Å². The molecule has 0 radical (unpaired) electrons. The topological polar surface area (TPSA) is 89.8 Å². The summed E-state index contributed by atoms with van der Waals surface area (Å²) in [6.07, 6.45) is 1.76. The van der Waals surface area contributed by atoms with Crippen LogP contribution in [-0.4, -0.2) is 32.7 Å². The third-order valence-electron chi connectivity index (χ3n) is 4.47. The van der Waals surface area contributed by atoms with Gasteiger partial charge in [-0.05, 0) is 42.5 Å². The lowest BCUT2D eigenvalue weighted by Crippen LogP contribution is -2.37. The Morgan fingerprint density at radius 1 is 1.23 bits per heavy atom. The first-order chi connectivity index (χ1) is 12.4. The molecule has 0 unspecified atom stereocenters. The van der Waals surface area contributed by atoms with Crippen molar-refractivity contribution in [1.82, 2.24) is 0 Å². The lowest BCUT2D eigenvalue weighted by molar-refractivity contribution is -0.384. The molecule has 3 rings (SSSR count).